The summed E-state index contributed by atoms with van der Waals surface area (Å²) in [6.45, 7) is 2.37. The number of carbonyl (C=O) groups excluding carboxylic acids is 2. The standard InChI is InChI=1S/C25H26FN3O3S/c1-25(32)13-14-29(24(31)27-16-17-6-3-2-4-7-17)21(20-8-5-15-33-20)22(25)28-23(30)18-9-11-19(26)12-10-18/h2-12,15,21-22,32H,13-14,16H2,1H3,(H,27,31)(H,28,30). The number of rotatable bonds is 5. The molecule has 3 atom stereocenters. The summed E-state index contributed by atoms with van der Waals surface area (Å²) < 4.78 is 13.3. The van der Waals surface area contributed by atoms with Gasteiger partial charge in [0.25, 0.3) is 5.91 Å². The highest BCUT2D eigenvalue weighted by Crippen LogP contribution is 2.39. The summed E-state index contributed by atoms with van der Waals surface area (Å²) in [5.74, 6) is -0.873. The zero-order valence-electron chi connectivity index (χ0n) is 18.2. The summed E-state index contributed by atoms with van der Waals surface area (Å²) in [6.07, 6.45) is 0.294. The number of urea groups is 1. The number of hydrogen-bond donors (Lipinski definition) is 3. The summed E-state index contributed by atoms with van der Waals surface area (Å²) >= 11 is 1.46. The van der Waals surface area contributed by atoms with Gasteiger partial charge in [0.1, 0.15) is 5.82 Å². The summed E-state index contributed by atoms with van der Waals surface area (Å²) in [6, 6.07) is 17.0. The molecule has 3 aromatic rings. The molecule has 1 saturated heterocycles. The van der Waals surface area contributed by atoms with Crippen LogP contribution >= 0.6 is 11.3 Å². The smallest absolute Gasteiger partial charge is 0.318 e. The Morgan fingerprint density at radius 3 is 2.52 bits per heavy atom. The van der Waals surface area contributed by atoms with E-state index in [1.54, 1.807) is 11.8 Å². The number of likely N-dealkylation sites (tertiary alicyclic amines) is 1. The van der Waals surface area contributed by atoms with E-state index in [0.717, 1.165) is 10.4 Å². The Hall–Kier alpha value is -3.23. The maximum absolute atomic E-state index is 13.3. The predicted molar refractivity (Wildman–Crippen MR) is 125 cm³/mol. The topological polar surface area (TPSA) is 81.7 Å². The van der Waals surface area contributed by atoms with E-state index in [2.05, 4.69) is 10.6 Å². The van der Waals surface area contributed by atoms with Crippen LogP contribution in [0, 0.1) is 5.82 Å². The van der Waals surface area contributed by atoms with E-state index in [0.29, 0.717) is 19.5 Å². The molecular formula is C25H26FN3O3S. The van der Waals surface area contributed by atoms with E-state index in [1.807, 2.05) is 47.8 Å². The highest BCUT2D eigenvalue weighted by Gasteiger charge is 2.48. The molecule has 1 aliphatic heterocycles. The molecule has 0 spiro atoms. The van der Waals surface area contributed by atoms with E-state index in [4.69, 9.17) is 0 Å². The minimum atomic E-state index is -1.25. The number of aliphatic hydroxyl groups is 1. The number of carbonyl (C=O) groups is 2. The number of piperidine rings is 1. The Morgan fingerprint density at radius 2 is 1.85 bits per heavy atom. The zero-order chi connectivity index (χ0) is 23.4. The predicted octanol–water partition coefficient (Wildman–Crippen LogP) is 4.09. The molecular weight excluding hydrogens is 441 g/mol. The van der Waals surface area contributed by atoms with Crippen LogP contribution in [0.1, 0.15) is 40.2 Å². The highest BCUT2D eigenvalue weighted by atomic mass is 32.1. The van der Waals surface area contributed by atoms with Gasteiger partial charge < -0.3 is 20.6 Å². The van der Waals surface area contributed by atoms with Crippen molar-refractivity contribution in [2.75, 3.05) is 6.54 Å². The molecule has 33 heavy (non-hydrogen) atoms. The maximum atomic E-state index is 13.3. The van der Waals surface area contributed by atoms with Crippen molar-refractivity contribution in [1.29, 1.82) is 0 Å². The van der Waals surface area contributed by atoms with E-state index in [-0.39, 0.29) is 11.6 Å². The van der Waals surface area contributed by atoms with Crippen LogP contribution in [0.4, 0.5) is 9.18 Å². The second-order valence-corrected chi connectivity index (χ2v) is 9.34. The number of thiophene rings is 1. The third kappa shape index (κ3) is 5.23. The van der Waals surface area contributed by atoms with Crippen LogP contribution in [0.2, 0.25) is 0 Å². The minimum Gasteiger partial charge on any atom is -0.388 e. The largest absolute Gasteiger partial charge is 0.388 e. The van der Waals surface area contributed by atoms with Gasteiger partial charge in [-0.2, -0.15) is 0 Å². The van der Waals surface area contributed by atoms with Gasteiger partial charge in [-0.25, -0.2) is 9.18 Å². The van der Waals surface area contributed by atoms with Crippen LogP contribution in [0.25, 0.3) is 0 Å². The van der Waals surface area contributed by atoms with Gasteiger partial charge in [0.05, 0.1) is 17.7 Å². The van der Waals surface area contributed by atoms with E-state index >= 15 is 0 Å². The van der Waals surface area contributed by atoms with Crippen molar-refractivity contribution in [3.63, 3.8) is 0 Å². The van der Waals surface area contributed by atoms with Gasteiger partial charge in [0, 0.05) is 23.5 Å². The molecule has 8 heteroatoms. The van der Waals surface area contributed by atoms with Crippen LogP contribution in [0.5, 0.6) is 0 Å². The van der Waals surface area contributed by atoms with Crippen molar-refractivity contribution < 1.29 is 19.1 Å². The van der Waals surface area contributed by atoms with Gasteiger partial charge in [-0.3, -0.25) is 4.79 Å². The van der Waals surface area contributed by atoms with Crippen LogP contribution in [-0.4, -0.2) is 40.1 Å². The van der Waals surface area contributed by atoms with Crippen molar-refractivity contribution in [1.82, 2.24) is 15.5 Å². The molecule has 3 unspecified atom stereocenters. The Kier molecular flexibility index (Phi) is 6.76. The van der Waals surface area contributed by atoms with E-state index in [9.17, 15) is 19.1 Å². The van der Waals surface area contributed by atoms with E-state index < -0.39 is 29.4 Å². The average molecular weight is 468 g/mol. The number of benzene rings is 2. The monoisotopic (exact) mass is 467 g/mol. The summed E-state index contributed by atoms with van der Waals surface area (Å²) in [4.78, 5) is 28.7. The second-order valence-electron chi connectivity index (χ2n) is 8.36. The SMILES string of the molecule is CC1(O)CCN(C(=O)NCc2ccccc2)C(c2cccs2)C1NC(=O)c1ccc(F)cc1. The molecule has 172 valence electrons. The Balaban J connectivity index is 1.59. The van der Waals surface area contributed by atoms with Gasteiger partial charge >= 0.3 is 6.03 Å². The first kappa shape index (κ1) is 22.9. The summed E-state index contributed by atoms with van der Waals surface area (Å²) in [5, 5.41) is 19.0. The van der Waals surface area contributed by atoms with Crippen LogP contribution in [0.3, 0.4) is 0 Å². The molecule has 2 aromatic carbocycles. The molecule has 6 nitrogen and oxygen atoms in total. The van der Waals surface area contributed by atoms with Gasteiger partial charge in [0.2, 0.25) is 0 Å². The molecule has 3 amide bonds. The quantitative estimate of drug-likeness (QED) is 0.529. The lowest BCUT2D eigenvalue weighted by Crippen LogP contribution is -2.64. The molecule has 1 aliphatic rings. The van der Waals surface area contributed by atoms with Crippen LogP contribution < -0.4 is 10.6 Å². The number of nitrogens with one attached hydrogen (secondary N) is 2. The molecule has 1 aromatic heterocycles. The van der Waals surface area contributed by atoms with Gasteiger partial charge in [-0.05, 0) is 54.6 Å². The molecule has 0 radical (unpaired) electrons. The molecule has 0 aliphatic carbocycles. The molecule has 0 bridgehead atoms. The van der Waals surface area contributed by atoms with Gasteiger partial charge in [-0.15, -0.1) is 11.3 Å². The Morgan fingerprint density at radius 1 is 1.12 bits per heavy atom. The first-order valence-corrected chi connectivity index (χ1v) is 11.6. The average Bonchev–Trinajstić information content (AvgIpc) is 3.34. The maximum Gasteiger partial charge on any atom is 0.318 e. The number of amides is 3. The van der Waals surface area contributed by atoms with E-state index in [1.165, 1.54) is 35.6 Å². The van der Waals surface area contributed by atoms with Crippen molar-refractivity contribution in [3.05, 3.63) is 93.9 Å². The molecule has 3 N–H and O–H groups in total. The van der Waals surface area contributed by atoms with Gasteiger partial charge in [0.15, 0.2) is 0 Å². The molecule has 1 fully saturated rings. The fraction of sp³-hybridized carbons (Fsp3) is 0.280. The number of nitrogens with zero attached hydrogens (tertiary/aromatic N) is 1. The summed E-state index contributed by atoms with van der Waals surface area (Å²) in [7, 11) is 0. The van der Waals surface area contributed by atoms with Crippen LogP contribution in [0.15, 0.2) is 72.1 Å². The lowest BCUT2D eigenvalue weighted by atomic mass is 9.81. The van der Waals surface area contributed by atoms with Crippen molar-refractivity contribution in [2.45, 2.75) is 37.6 Å². The van der Waals surface area contributed by atoms with Gasteiger partial charge in [-0.1, -0.05) is 36.4 Å². The lowest BCUT2D eigenvalue weighted by molar-refractivity contribution is -0.0504. The zero-order valence-corrected chi connectivity index (χ0v) is 19.0. The lowest BCUT2D eigenvalue weighted by Gasteiger charge is -2.48. The minimum absolute atomic E-state index is 0.270. The molecule has 2 heterocycles. The fourth-order valence-corrected chi connectivity index (χ4v) is 4.98. The highest BCUT2D eigenvalue weighted by molar-refractivity contribution is 7.10. The van der Waals surface area contributed by atoms with Crippen molar-refractivity contribution in [2.24, 2.45) is 0 Å². The van der Waals surface area contributed by atoms with Crippen molar-refractivity contribution in [3.8, 4) is 0 Å². The first-order valence-electron chi connectivity index (χ1n) is 10.8. The Bertz CT molecular complexity index is 1090. The molecule has 4 rings (SSSR count). The van der Waals surface area contributed by atoms with Crippen LogP contribution in [-0.2, 0) is 6.54 Å². The number of halogens is 1. The fourth-order valence-electron chi connectivity index (χ4n) is 4.10. The third-order valence-electron chi connectivity index (χ3n) is 5.96. The summed E-state index contributed by atoms with van der Waals surface area (Å²) in [5.41, 5.74) is 0.00655. The Labute approximate surface area is 196 Å². The molecule has 0 saturated carbocycles. The normalized spacial score (nSPS) is 22.6. The first-order chi connectivity index (χ1) is 15.8. The van der Waals surface area contributed by atoms with Crippen molar-refractivity contribution >= 4 is 23.3 Å². The number of hydrogen-bond acceptors (Lipinski definition) is 4. The third-order valence-corrected chi connectivity index (χ3v) is 6.90. The second kappa shape index (κ2) is 9.72.